The van der Waals surface area contributed by atoms with Crippen molar-refractivity contribution in [3.8, 4) is 0 Å². The van der Waals surface area contributed by atoms with Gasteiger partial charge in [-0.15, -0.1) is 0 Å². The van der Waals surface area contributed by atoms with Gasteiger partial charge in [-0.25, -0.2) is 4.98 Å². The third-order valence-corrected chi connectivity index (χ3v) is 3.37. The van der Waals surface area contributed by atoms with Crippen LogP contribution in [-0.2, 0) is 0 Å². The highest BCUT2D eigenvalue weighted by atomic mass is 32.2. The van der Waals surface area contributed by atoms with Crippen LogP contribution >= 0.6 is 11.8 Å². The van der Waals surface area contributed by atoms with Gasteiger partial charge in [-0.3, -0.25) is 0 Å². The summed E-state index contributed by atoms with van der Waals surface area (Å²) in [5.74, 6) is 0.523. The molecule has 0 amide bonds. The number of azide groups is 1. The monoisotopic (exact) mass is 301 g/mol. The molecule has 8 heteroatoms. The van der Waals surface area contributed by atoms with Crippen molar-refractivity contribution in [2.24, 2.45) is 5.11 Å². The van der Waals surface area contributed by atoms with E-state index in [1.807, 2.05) is 56.1 Å². The van der Waals surface area contributed by atoms with Gasteiger partial charge in [-0.1, -0.05) is 43.8 Å². The fraction of sp³-hybridized carbons (Fsp3) is 0.308. The van der Waals surface area contributed by atoms with Crippen LogP contribution in [0.5, 0.6) is 0 Å². The Kier molecular flexibility index (Phi) is 4.97. The summed E-state index contributed by atoms with van der Waals surface area (Å²) in [4.78, 5) is 17.3. The van der Waals surface area contributed by atoms with Crippen LogP contribution in [0.15, 0.2) is 40.6 Å². The fourth-order valence-corrected chi connectivity index (χ4v) is 2.29. The van der Waals surface area contributed by atoms with Crippen LogP contribution in [0, 0.1) is 0 Å². The van der Waals surface area contributed by atoms with E-state index in [1.54, 1.807) is 0 Å². The smallest absolute Gasteiger partial charge is 0.234 e. The molecule has 0 N–H and O–H groups in total. The largest absolute Gasteiger partial charge is 0.313 e. The highest BCUT2D eigenvalue weighted by molar-refractivity contribution is 7.99. The molecule has 7 nitrogen and oxygen atoms in total. The SMILES string of the molecule is CC(C)Sc1nc(N=[N+]=[N-])nc(N(C)c2ccccc2)n1. The van der Waals surface area contributed by atoms with Gasteiger partial charge in [0.15, 0.2) is 5.16 Å². The van der Waals surface area contributed by atoms with Gasteiger partial charge < -0.3 is 4.90 Å². The minimum atomic E-state index is 0.0773. The molecule has 1 aromatic heterocycles. The molecule has 0 aliphatic rings. The van der Waals surface area contributed by atoms with Crippen molar-refractivity contribution in [1.29, 1.82) is 0 Å². The highest BCUT2D eigenvalue weighted by Gasteiger charge is 2.12. The second kappa shape index (κ2) is 6.92. The van der Waals surface area contributed by atoms with Crippen LogP contribution in [0.4, 0.5) is 17.6 Å². The summed E-state index contributed by atoms with van der Waals surface area (Å²) in [6.07, 6.45) is 0. The normalized spacial score (nSPS) is 10.3. The van der Waals surface area contributed by atoms with Gasteiger partial charge in [0.05, 0.1) is 0 Å². The van der Waals surface area contributed by atoms with Crippen molar-refractivity contribution in [3.05, 3.63) is 40.8 Å². The number of anilines is 2. The molecule has 2 aromatic rings. The van der Waals surface area contributed by atoms with Crippen molar-refractivity contribution >= 4 is 29.3 Å². The van der Waals surface area contributed by atoms with Gasteiger partial charge in [0.1, 0.15) is 0 Å². The number of para-hydroxylation sites is 1. The van der Waals surface area contributed by atoms with E-state index >= 15 is 0 Å². The quantitative estimate of drug-likeness (QED) is 0.359. The van der Waals surface area contributed by atoms with Crippen LogP contribution in [0.1, 0.15) is 13.8 Å². The summed E-state index contributed by atoms with van der Waals surface area (Å²) in [7, 11) is 1.86. The molecule has 21 heavy (non-hydrogen) atoms. The van der Waals surface area contributed by atoms with E-state index in [-0.39, 0.29) is 5.95 Å². The zero-order valence-corrected chi connectivity index (χ0v) is 12.8. The lowest BCUT2D eigenvalue weighted by Crippen LogP contribution is -2.14. The van der Waals surface area contributed by atoms with Gasteiger partial charge in [-0.2, -0.15) is 9.97 Å². The average Bonchev–Trinajstić information content (AvgIpc) is 2.47. The van der Waals surface area contributed by atoms with Crippen molar-refractivity contribution in [2.75, 3.05) is 11.9 Å². The van der Waals surface area contributed by atoms with E-state index < -0.39 is 0 Å². The molecule has 0 spiro atoms. The minimum Gasteiger partial charge on any atom is -0.313 e. The Balaban J connectivity index is 2.42. The van der Waals surface area contributed by atoms with Gasteiger partial charge >= 0.3 is 0 Å². The molecule has 0 atom stereocenters. The first kappa shape index (κ1) is 15.1. The number of thioether (sulfide) groups is 1. The molecular formula is C13H15N7S. The Morgan fingerprint density at radius 1 is 1.19 bits per heavy atom. The molecule has 0 bridgehead atoms. The second-order valence-electron chi connectivity index (χ2n) is 4.47. The van der Waals surface area contributed by atoms with Crippen LogP contribution < -0.4 is 4.90 Å². The maximum absolute atomic E-state index is 8.58. The third kappa shape index (κ3) is 4.08. The minimum absolute atomic E-state index is 0.0773. The topological polar surface area (TPSA) is 90.7 Å². The number of rotatable bonds is 5. The first-order valence-corrected chi connectivity index (χ1v) is 7.24. The lowest BCUT2D eigenvalue weighted by Gasteiger charge is -2.17. The zero-order chi connectivity index (χ0) is 15.2. The van der Waals surface area contributed by atoms with E-state index in [0.29, 0.717) is 16.4 Å². The molecule has 0 aliphatic heterocycles. The molecule has 0 aliphatic carbocycles. The summed E-state index contributed by atoms with van der Waals surface area (Å²) in [5.41, 5.74) is 9.52. The standard InChI is InChI=1S/C13H15N7S/c1-9(2)21-13-16-11(18-19-14)15-12(17-13)20(3)10-7-5-4-6-8-10/h4-9H,1-3H3. The van der Waals surface area contributed by atoms with Gasteiger partial charge in [0, 0.05) is 22.9 Å². The zero-order valence-electron chi connectivity index (χ0n) is 12.0. The van der Waals surface area contributed by atoms with E-state index in [0.717, 1.165) is 5.69 Å². The van der Waals surface area contributed by atoms with E-state index in [4.69, 9.17) is 5.53 Å². The van der Waals surface area contributed by atoms with E-state index in [9.17, 15) is 0 Å². The van der Waals surface area contributed by atoms with Crippen LogP contribution in [0.2, 0.25) is 0 Å². The Bertz CT molecular complexity index is 653. The number of benzene rings is 1. The summed E-state index contributed by atoms with van der Waals surface area (Å²) in [6.45, 7) is 4.09. The van der Waals surface area contributed by atoms with Gasteiger partial charge in [0.25, 0.3) is 0 Å². The Morgan fingerprint density at radius 3 is 2.52 bits per heavy atom. The number of aromatic nitrogens is 3. The molecule has 0 saturated carbocycles. The second-order valence-corrected chi connectivity index (χ2v) is 6.01. The molecule has 1 heterocycles. The number of hydrogen-bond donors (Lipinski definition) is 0. The molecule has 0 unspecified atom stereocenters. The highest BCUT2D eigenvalue weighted by Crippen LogP contribution is 2.26. The molecular weight excluding hydrogens is 286 g/mol. The van der Waals surface area contributed by atoms with E-state index in [1.165, 1.54) is 11.8 Å². The summed E-state index contributed by atoms with van der Waals surface area (Å²) in [5, 5.41) is 4.35. The maximum atomic E-state index is 8.58. The van der Waals surface area contributed by atoms with Crippen molar-refractivity contribution in [2.45, 2.75) is 24.3 Å². The first-order chi connectivity index (χ1) is 10.1. The van der Waals surface area contributed by atoms with E-state index in [2.05, 4.69) is 25.0 Å². The summed E-state index contributed by atoms with van der Waals surface area (Å²) >= 11 is 1.49. The molecule has 0 fully saturated rings. The van der Waals surface area contributed by atoms with Gasteiger partial charge in [0.2, 0.25) is 11.9 Å². The van der Waals surface area contributed by atoms with Crippen molar-refractivity contribution in [1.82, 2.24) is 15.0 Å². The summed E-state index contributed by atoms with van der Waals surface area (Å²) < 4.78 is 0. The Morgan fingerprint density at radius 2 is 1.90 bits per heavy atom. The van der Waals surface area contributed by atoms with Crippen molar-refractivity contribution in [3.63, 3.8) is 0 Å². The lowest BCUT2D eigenvalue weighted by molar-refractivity contribution is 0.872. The molecule has 0 saturated heterocycles. The Hall–Kier alpha value is -2.31. The predicted octanol–water partition coefficient (Wildman–Crippen LogP) is 4.08. The molecule has 1 aromatic carbocycles. The Labute approximate surface area is 127 Å². The van der Waals surface area contributed by atoms with Crippen LogP contribution in [0.25, 0.3) is 10.4 Å². The molecule has 108 valence electrons. The third-order valence-electron chi connectivity index (χ3n) is 2.51. The van der Waals surface area contributed by atoms with Crippen LogP contribution in [0.3, 0.4) is 0 Å². The number of nitrogens with zero attached hydrogens (tertiary/aromatic N) is 7. The van der Waals surface area contributed by atoms with Crippen LogP contribution in [-0.4, -0.2) is 27.2 Å². The van der Waals surface area contributed by atoms with Gasteiger partial charge in [-0.05, 0) is 22.8 Å². The fourth-order valence-electron chi connectivity index (χ4n) is 1.60. The lowest BCUT2D eigenvalue weighted by atomic mass is 10.3. The van der Waals surface area contributed by atoms with Crippen molar-refractivity contribution < 1.29 is 0 Å². The molecule has 2 rings (SSSR count). The summed E-state index contributed by atoms with van der Waals surface area (Å²) in [6, 6.07) is 9.71. The predicted molar refractivity (Wildman–Crippen MR) is 84.1 cm³/mol. The average molecular weight is 301 g/mol. The number of hydrogen-bond acceptors (Lipinski definition) is 6. The molecule has 0 radical (unpaired) electrons. The maximum Gasteiger partial charge on any atom is 0.234 e. The first-order valence-electron chi connectivity index (χ1n) is 6.36.